The molecule has 0 amide bonds. The van der Waals surface area contributed by atoms with Crippen molar-refractivity contribution >= 4 is 10.9 Å². The molecule has 12 heavy (non-hydrogen) atoms. The molecule has 0 spiro atoms. The predicted molar refractivity (Wildman–Crippen MR) is 51.2 cm³/mol. The second kappa shape index (κ2) is 2.59. The maximum atomic E-state index is 4.32. The van der Waals surface area contributed by atoms with Crippen LogP contribution in [-0.2, 0) is 0 Å². The zero-order valence-electron chi connectivity index (χ0n) is 7.33. The molecule has 1 aromatic heterocycles. The third-order valence-corrected chi connectivity index (χ3v) is 2.04. The van der Waals surface area contributed by atoms with Crippen LogP contribution in [0.3, 0.4) is 0 Å². The molecule has 0 saturated carbocycles. The molecule has 0 N–H and O–H groups in total. The molecule has 1 heterocycles. The molecular weight excluding hydrogens is 146 g/mol. The maximum absolute atomic E-state index is 4.32. The van der Waals surface area contributed by atoms with E-state index < -0.39 is 0 Å². The summed E-state index contributed by atoms with van der Waals surface area (Å²) in [6.45, 7) is 4.21. The molecule has 0 aliphatic rings. The summed E-state index contributed by atoms with van der Waals surface area (Å²) in [4.78, 5) is 4.32. The lowest BCUT2D eigenvalue weighted by molar-refractivity contribution is 1.34. The van der Waals surface area contributed by atoms with Crippen LogP contribution in [0.1, 0.15) is 11.1 Å². The number of hydrogen-bond donors (Lipinski definition) is 0. The number of benzene rings is 1. The summed E-state index contributed by atoms with van der Waals surface area (Å²) in [5.41, 5.74) is 3.67. The minimum absolute atomic E-state index is 1.11. The van der Waals surface area contributed by atoms with E-state index in [1.807, 2.05) is 12.3 Å². The average Bonchev–Trinajstić information content (AvgIpc) is 2.04. The van der Waals surface area contributed by atoms with Crippen LogP contribution in [0.2, 0.25) is 0 Å². The zero-order valence-corrected chi connectivity index (χ0v) is 7.33. The number of fused-ring (bicyclic) bond motifs is 1. The van der Waals surface area contributed by atoms with E-state index in [4.69, 9.17) is 0 Å². The van der Waals surface area contributed by atoms with Gasteiger partial charge >= 0.3 is 0 Å². The molecule has 0 radical (unpaired) electrons. The van der Waals surface area contributed by atoms with E-state index in [9.17, 15) is 0 Å². The number of rotatable bonds is 0. The number of aryl methyl sites for hydroxylation is 2. The highest BCUT2D eigenvalue weighted by atomic mass is 14.6. The first-order valence-corrected chi connectivity index (χ1v) is 4.09. The van der Waals surface area contributed by atoms with Crippen LogP contribution < -0.4 is 0 Å². The normalized spacial score (nSPS) is 10.5. The van der Waals surface area contributed by atoms with Gasteiger partial charge in [-0.25, -0.2) is 0 Å². The molecule has 1 aromatic carbocycles. The lowest BCUT2D eigenvalue weighted by Gasteiger charge is -2.01. The standard InChI is InChI=1S/C11H11N/c1-8-6-9(2)11-10(7-8)4-3-5-12-11/h3-7H,1-2H3. The molecule has 0 unspecified atom stereocenters. The summed E-state index contributed by atoms with van der Waals surface area (Å²) >= 11 is 0. The first-order chi connectivity index (χ1) is 5.77. The molecule has 2 rings (SSSR count). The van der Waals surface area contributed by atoms with E-state index in [1.54, 1.807) is 0 Å². The minimum atomic E-state index is 1.11. The first kappa shape index (κ1) is 7.29. The van der Waals surface area contributed by atoms with E-state index in [-0.39, 0.29) is 0 Å². The summed E-state index contributed by atoms with van der Waals surface area (Å²) in [7, 11) is 0. The van der Waals surface area contributed by atoms with Crippen molar-refractivity contribution < 1.29 is 0 Å². The Morgan fingerprint density at radius 2 is 2.00 bits per heavy atom. The Bertz CT molecular complexity index is 418. The highest BCUT2D eigenvalue weighted by Crippen LogP contribution is 2.17. The van der Waals surface area contributed by atoms with Gasteiger partial charge in [-0.05, 0) is 31.5 Å². The summed E-state index contributed by atoms with van der Waals surface area (Å²) in [5, 5.41) is 1.23. The van der Waals surface area contributed by atoms with Crippen LogP contribution in [0, 0.1) is 13.8 Å². The van der Waals surface area contributed by atoms with E-state index in [0.29, 0.717) is 0 Å². The minimum Gasteiger partial charge on any atom is -0.256 e. The summed E-state index contributed by atoms with van der Waals surface area (Å²) < 4.78 is 0. The van der Waals surface area contributed by atoms with Crippen molar-refractivity contribution in [1.29, 1.82) is 0 Å². The van der Waals surface area contributed by atoms with Gasteiger partial charge in [0.2, 0.25) is 0 Å². The molecule has 0 saturated heterocycles. The van der Waals surface area contributed by atoms with Crippen molar-refractivity contribution in [2.45, 2.75) is 13.8 Å². The predicted octanol–water partition coefficient (Wildman–Crippen LogP) is 2.85. The van der Waals surface area contributed by atoms with Crippen LogP contribution in [0.4, 0.5) is 0 Å². The SMILES string of the molecule is Cc1cc(C)c2ncccc2c1. The Morgan fingerprint density at radius 3 is 2.83 bits per heavy atom. The van der Waals surface area contributed by atoms with Crippen LogP contribution in [0.25, 0.3) is 10.9 Å². The Hall–Kier alpha value is -1.37. The molecular formula is C11H11N. The Kier molecular flexibility index (Phi) is 1.58. The van der Waals surface area contributed by atoms with Crippen LogP contribution in [0.5, 0.6) is 0 Å². The van der Waals surface area contributed by atoms with E-state index in [1.165, 1.54) is 16.5 Å². The van der Waals surface area contributed by atoms with Gasteiger partial charge in [0.25, 0.3) is 0 Å². The van der Waals surface area contributed by atoms with E-state index in [0.717, 1.165) is 5.52 Å². The zero-order chi connectivity index (χ0) is 8.55. The smallest absolute Gasteiger partial charge is 0.0731 e. The lowest BCUT2D eigenvalue weighted by atomic mass is 10.1. The van der Waals surface area contributed by atoms with Gasteiger partial charge in [0, 0.05) is 11.6 Å². The Morgan fingerprint density at radius 1 is 1.17 bits per heavy atom. The number of nitrogens with zero attached hydrogens (tertiary/aromatic N) is 1. The molecule has 0 atom stereocenters. The molecule has 1 nitrogen and oxygen atoms in total. The topological polar surface area (TPSA) is 12.9 Å². The van der Waals surface area contributed by atoms with Gasteiger partial charge in [-0.15, -0.1) is 0 Å². The van der Waals surface area contributed by atoms with E-state index in [2.05, 4.69) is 37.0 Å². The molecule has 0 fully saturated rings. The van der Waals surface area contributed by atoms with Gasteiger partial charge in [0.1, 0.15) is 0 Å². The van der Waals surface area contributed by atoms with Crippen molar-refractivity contribution in [3.63, 3.8) is 0 Å². The van der Waals surface area contributed by atoms with Crippen LogP contribution in [0.15, 0.2) is 30.5 Å². The number of pyridine rings is 1. The van der Waals surface area contributed by atoms with Gasteiger partial charge in [0.05, 0.1) is 5.52 Å². The summed E-state index contributed by atoms with van der Waals surface area (Å²) in [6, 6.07) is 8.40. The third kappa shape index (κ3) is 1.07. The van der Waals surface area contributed by atoms with Crippen molar-refractivity contribution in [2.24, 2.45) is 0 Å². The van der Waals surface area contributed by atoms with Crippen molar-refractivity contribution in [1.82, 2.24) is 4.98 Å². The molecule has 0 aliphatic carbocycles. The molecule has 60 valence electrons. The fourth-order valence-corrected chi connectivity index (χ4v) is 1.56. The Balaban J connectivity index is 2.89. The fourth-order valence-electron chi connectivity index (χ4n) is 1.56. The molecule has 0 bridgehead atoms. The van der Waals surface area contributed by atoms with Crippen LogP contribution >= 0.6 is 0 Å². The van der Waals surface area contributed by atoms with Crippen molar-refractivity contribution in [3.8, 4) is 0 Å². The maximum Gasteiger partial charge on any atom is 0.0731 e. The highest BCUT2D eigenvalue weighted by Gasteiger charge is 1.97. The van der Waals surface area contributed by atoms with Crippen LogP contribution in [-0.4, -0.2) is 4.98 Å². The summed E-state index contributed by atoms with van der Waals surface area (Å²) in [5.74, 6) is 0. The van der Waals surface area contributed by atoms with Gasteiger partial charge in [-0.1, -0.05) is 17.7 Å². The van der Waals surface area contributed by atoms with Gasteiger partial charge in [0.15, 0.2) is 0 Å². The first-order valence-electron chi connectivity index (χ1n) is 4.09. The summed E-state index contributed by atoms with van der Waals surface area (Å²) in [6.07, 6.45) is 1.84. The molecule has 2 aromatic rings. The fraction of sp³-hybridized carbons (Fsp3) is 0.182. The van der Waals surface area contributed by atoms with Gasteiger partial charge in [-0.2, -0.15) is 0 Å². The lowest BCUT2D eigenvalue weighted by Crippen LogP contribution is -1.83. The van der Waals surface area contributed by atoms with Crippen molar-refractivity contribution in [2.75, 3.05) is 0 Å². The largest absolute Gasteiger partial charge is 0.256 e. The second-order valence-electron chi connectivity index (χ2n) is 3.16. The Labute approximate surface area is 72.1 Å². The number of hydrogen-bond acceptors (Lipinski definition) is 1. The average molecular weight is 157 g/mol. The number of aromatic nitrogens is 1. The quantitative estimate of drug-likeness (QED) is 0.573. The van der Waals surface area contributed by atoms with Crippen molar-refractivity contribution in [3.05, 3.63) is 41.6 Å². The van der Waals surface area contributed by atoms with Gasteiger partial charge in [-0.3, -0.25) is 4.98 Å². The third-order valence-electron chi connectivity index (χ3n) is 2.04. The van der Waals surface area contributed by atoms with Gasteiger partial charge < -0.3 is 0 Å². The molecule has 1 heteroatoms. The highest BCUT2D eigenvalue weighted by molar-refractivity contribution is 5.82. The monoisotopic (exact) mass is 157 g/mol. The molecule has 0 aliphatic heterocycles. The second-order valence-corrected chi connectivity index (χ2v) is 3.16. The van der Waals surface area contributed by atoms with E-state index >= 15 is 0 Å².